The second-order valence-electron chi connectivity index (χ2n) is 7.12. The number of aryl methyl sites for hydroxylation is 1. The van der Waals surface area contributed by atoms with E-state index in [4.69, 9.17) is 16.0 Å². The molecule has 0 bridgehead atoms. The Morgan fingerprint density at radius 1 is 1.17 bits per heavy atom. The number of rotatable bonds is 5. The van der Waals surface area contributed by atoms with Crippen LogP contribution in [-0.2, 0) is 11.8 Å². The lowest BCUT2D eigenvalue weighted by molar-refractivity contribution is -0.0281. The second-order valence-corrected chi connectivity index (χ2v) is 7.12. The molecule has 4 rings (SSSR count). The lowest BCUT2D eigenvalue weighted by Crippen LogP contribution is -2.51. The lowest BCUT2D eigenvalue weighted by Gasteiger charge is -2.38. The Balaban J connectivity index is 1.67. The third kappa shape index (κ3) is 3.84. The molecule has 2 aromatic heterocycles. The van der Waals surface area contributed by atoms with Crippen molar-refractivity contribution < 1.29 is 9.47 Å². The summed E-state index contributed by atoms with van der Waals surface area (Å²) in [4.78, 5) is 26.6. The predicted molar refractivity (Wildman–Crippen MR) is 114 cm³/mol. The highest BCUT2D eigenvalue weighted by Crippen LogP contribution is 2.28. The van der Waals surface area contributed by atoms with E-state index >= 15 is 0 Å². The summed E-state index contributed by atoms with van der Waals surface area (Å²) in [6.07, 6.45) is 0.419. The van der Waals surface area contributed by atoms with Crippen LogP contribution in [0.3, 0.4) is 0 Å². The molecule has 8 heteroatoms. The van der Waals surface area contributed by atoms with Gasteiger partial charge in [0.2, 0.25) is 5.52 Å². The zero-order valence-electron chi connectivity index (χ0n) is 17.0. The van der Waals surface area contributed by atoms with Crippen LogP contribution in [0, 0.1) is 6.57 Å². The Kier molecular flexibility index (Phi) is 5.63. The number of ether oxygens (including phenoxy) is 2. The number of nitrogens with zero attached hydrogens (tertiary/aromatic N) is 5. The van der Waals surface area contributed by atoms with E-state index in [1.165, 1.54) is 4.57 Å². The lowest BCUT2D eigenvalue weighted by atomic mass is 10.0. The Morgan fingerprint density at radius 3 is 2.70 bits per heavy atom. The van der Waals surface area contributed by atoms with Crippen molar-refractivity contribution in [1.29, 1.82) is 0 Å². The number of fused-ring (bicyclic) bond motifs is 1. The molecule has 8 nitrogen and oxygen atoms in total. The van der Waals surface area contributed by atoms with E-state index in [1.807, 2.05) is 42.2 Å². The Hall–Kier alpha value is -3.44. The van der Waals surface area contributed by atoms with Gasteiger partial charge in [-0.05, 0) is 31.2 Å². The topological polar surface area (TPSA) is 73.8 Å². The molecule has 154 valence electrons. The number of hydrogen-bond donors (Lipinski definition) is 0. The molecule has 2 atom stereocenters. The van der Waals surface area contributed by atoms with Crippen molar-refractivity contribution in [2.45, 2.75) is 25.6 Å². The number of anilines is 1. The molecule has 1 aliphatic rings. The van der Waals surface area contributed by atoms with E-state index in [9.17, 15) is 4.79 Å². The van der Waals surface area contributed by atoms with E-state index in [2.05, 4.69) is 14.8 Å². The number of para-hydroxylation sites is 1. The smallest absolute Gasteiger partial charge is 0.350 e. The van der Waals surface area contributed by atoms with Crippen LogP contribution in [0.15, 0.2) is 47.3 Å². The molecule has 0 radical (unpaired) electrons. The summed E-state index contributed by atoms with van der Waals surface area (Å²) in [6, 6.07) is 13.1. The van der Waals surface area contributed by atoms with Crippen LogP contribution in [0.2, 0.25) is 0 Å². The highest BCUT2D eigenvalue weighted by molar-refractivity contribution is 5.87. The summed E-state index contributed by atoms with van der Waals surface area (Å²) in [5.41, 5.74) is 0.835. The molecular weight excluding hydrogens is 382 g/mol. The van der Waals surface area contributed by atoms with Crippen molar-refractivity contribution in [2.24, 2.45) is 7.05 Å². The minimum atomic E-state index is -0.356. The SMILES string of the molecule is [C-]#[N+]c1ccc2c(n1)c(N1CC[C@H](Oc3ccccc3)[C@@H](OCC)C1)nc(=O)n2C. The van der Waals surface area contributed by atoms with Gasteiger partial charge in [-0.15, -0.1) is 4.98 Å². The van der Waals surface area contributed by atoms with Gasteiger partial charge in [0.05, 0.1) is 5.52 Å². The van der Waals surface area contributed by atoms with Crippen LogP contribution in [0.5, 0.6) is 5.75 Å². The van der Waals surface area contributed by atoms with Crippen LogP contribution in [-0.4, -0.2) is 46.4 Å². The van der Waals surface area contributed by atoms with E-state index in [-0.39, 0.29) is 23.7 Å². The summed E-state index contributed by atoms with van der Waals surface area (Å²) < 4.78 is 13.6. The van der Waals surface area contributed by atoms with Gasteiger partial charge < -0.3 is 19.2 Å². The summed E-state index contributed by atoms with van der Waals surface area (Å²) in [6.45, 7) is 10.9. The number of benzene rings is 1. The highest BCUT2D eigenvalue weighted by atomic mass is 16.5. The van der Waals surface area contributed by atoms with Crippen molar-refractivity contribution in [3.63, 3.8) is 0 Å². The second kappa shape index (κ2) is 8.51. The van der Waals surface area contributed by atoms with Gasteiger partial charge in [-0.25, -0.2) is 4.79 Å². The first-order valence-electron chi connectivity index (χ1n) is 9.94. The van der Waals surface area contributed by atoms with Gasteiger partial charge >= 0.3 is 5.69 Å². The Labute approximate surface area is 174 Å². The van der Waals surface area contributed by atoms with E-state index in [0.29, 0.717) is 43.0 Å². The minimum Gasteiger partial charge on any atom is -0.488 e. The maximum Gasteiger partial charge on any atom is 0.350 e. The molecular formula is C22H23N5O3. The first kappa shape index (κ1) is 19.9. The Morgan fingerprint density at radius 2 is 1.97 bits per heavy atom. The minimum absolute atomic E-state index is 0.104. The average molecular weight is 405 g/mol. The molecule has 1 aromatic carbocycles. The number of piperidine rings is 1. The monoisotopic (exact) mass is 405 g/mol. The standard InChI is InChI=1S/C22H23N5O3/c1-4-29-18-14-27(13-12-17(18)30-15-8-6-5-7-9-15)21-20-16(26(3)22(28)25-21)10-11-19(23-2)24-20/h5-11,17-18H,4,12-14H2,1,3H3/t17-,18-/m0/s1. The molecule has 0 aliphatic carbocycles. The van der Waals surface area contributed by atoms with Crippen LogP contribution >= 0.6 is 0 Å². The molecule has 0 spiro atoms. The summed E-state index contributed by atoms with van der Waals surface area (Å²) in [5.74, 6) is 1.57. The number of aromatic nitrogens is 3. The molecule has 3 heterocycles. The van der Waals surface area contributed by atoms with Crippen LogP contribution in [0.25, 0.3) is 15.9 Å². The van der Waals surface area contributed by atoms with Gasteiger partial charge in [0, 0.05) is 33.2 Å². The van der Waals surface area contributed by atoms with Crippen molar-refractivity contribution in [3.8, 4) is 5.75 Å². The number of hydrogen-bond acceptors (Lipinski definition) is 6. The van der Waals surface area contributed by atoms with Crippen molar-refractivity contribution >= 4 is 22.7 Å². The van der Waals surface area contributed by atoms with Gasteiger partial charge in [-0.1, -0.05) is 24.8 Å². The zero-order chi connectivity index (χ0) is 21.1. The summed E-state index contributed by atoms with van der Waals surface area (Å²) >= 11 is 0. The van der Waals surface area contributed by atoms with Crippen LogP contribution < -0.4 is 15.3 Å². The van der Waals surface area contributed by atoms with E-state index in [0.717, 1.165) is 5.75 Å². The van der Waals surface area contributed by atoms with Crippen molar-refractivity contribution in [3.05, 3.63) is 64.4 Å². The zero-order valence-corrected chi connectivity index (χ0v) is 17.0. The normalized spacial score (nSPS) is 18.9. The number of pyridine rings is 1. The third-order valence-corrected chi connectivity index (χ3v) is 5.24. The molecule has 30 heavy (non-hydrogen) atoms. The fourth-order valence-electron chi connectivity index (χ4n) is 3.75. The first-order valence-corrected chi connectivity index (χ1v) is 9.94. The molecule has 1 fully saturated rings. The third-order valence-electron chi connectivity index (χ3n) is 5.24. The van der Waals surface area contributed by atoms with Crippen molar-refractivity contribution in [1.82, 2.24) is 14.5 Å². The molecule has 0 N–H and O–H groups in total. The first-order chi connectivity index (χ1) is 14.6. The van der Waals surface area contributed by atoms with Gasteiger partial charge in [0.25, 0.3) is 5.82 Å². The molecule has 3 aromatic rings. The Bertz CT molecular complexity index is 1140. The molecule has 0 saturated carbocycles. The fourth-order valence-corrected chi connectivity index (χ4v) is 3.75. The largest absolute Gasteiger partial charge is 0.488 e. The van der Waals surface area contributed by atoms with Gasteiger partial charge in [0.1, 0.15) is 18.0 Å². The van der Waals surface area contributed by atoms with Crippen LogP contribution in [0.1, 0.15) is 13.3 Å². The molecule has 1 aliphatic heterocycles. The summed E-state index contributed by atoms with van der Waals surface area (Å²) in [7, 11) is 1.66. The van der Waals surface area contributed by atoms with Gasteiger partial charge in [0.15, 0.2) is 5.82 Å². The highest BCUT2D eigenvalue weighted by Gasteiger charge is 2.34. The van der Waals surface area contributed by atoms with E-state index < -0.39 is 0 Å². The molecule has 0 amide bonds. The van der Waals surface area contributed by atoms with Crippen molar-refractivity contribution in [2.75, 3.05) is 24.6 Å². The summed E-state index contributed by atoms with van der Waals surface area (Å²) in [5, 5.41) is 0. The maximum atomic E-state index is 12.4. The maximum absolute atomic E-state index is 12.4. The molecule has 1 saturated heterocycles. The quantitative estimate of drug-likeness (QED) is 0.608. The van der Waals surface area contributed by atoms with Gasteiger partial charge in [-0.3, -0.25) is 4.57 Å². The van der Waals surface area contributed by atoms with E-state index in [1.54, 1.807) is 19.2 Å². The molecule has 0 unspecified atom stereocenters. The fraction of sp³-hybridized carbons (Fsp3) is 0.364. The van der Waals surface area contributed by atoms with Gasteiger partial charge in [-0.2, -0.15) is 4.98 Å². The predicted octanol–water partition coefficient (Wildman–Crippen LogP) is 2.94. The average Bonchev–Trinajstić information content (AvgIpc) is 2.78. The van der Waals surface area contributed by atoms with Crippen LogP contribution in [0.4, 0.5) is 11.6 Å².